The van der Waals surface area contributed by atoms with Gasteiger partial charge in [0.1, 0.15) is 0 Å². The van der Waals surface area contributed by atoms with Crippen LogP contribution in [-0.2, 0) is 22.7 Å². The lowest BCUT2D eigenvalue weighted by atomic mass is 9.97. The number of nitrogens with zero attached hydrogens (tertiary/aromatic N) is 3. The molecule has 2 N–H and O–H groups in total. The van der Waals surface area contributed by atoms with Gasteiger partial charge in [-0.3, -0.25) is 14.7 Å². The molecule has 1 aromatic heterocycles. The van der Waals surface area contributed by atoms with Gasteiger partial charge in [-0.15, -0.1) is 0 Å². The van der Waals surface area contributed by atoms with E-state index in [9.17, 15) is 9.59 Å². The van der Waals surface area contributed by atoms with Crippen LogP contribution in [0.3, 0.4) is 0 Å². The van der Waals surface area contributed by atoms with Gasteiger partial charge in [-0.25, -0.2) is 0 Å². The van der Waals surface area contributed by atoms with Gasteiger partial charge in [-0.05, 0) is 32.0 Å². The van der Waals surface area contributed by atoms with E-state index >= 15 is 0 Å². The lowest BCUT2D eigenvalue weighted by Crippen LogP contribution is -2.45. The Morgan fingerprint density at radius 2 is 2.23 bits per heavy atom. The van der Waals surface area contributed by atoms with Crippen LogP contribution >= 0.6 is 12.2 Å². The summed E-state index contributed by atoms with van der Waals surface area (Å²) < 4.78 is 2.41. The van der Waals surface area contributed by atoms with Crippen molar-refractivity contribution in [2.45, 2.75) is 46.2 Å². The maximum atomic E-state index is 12.3. The molecule has 2 amide bonds. The number of likely N-dealkylation sites (tertiary alicyclic amines) is 1. The lowest BCUT2D eigenvalue weighted by Gasteiger charge is -2.31. The van der Waals surface area contributed by atoms with Crippen molar-refractivity contribution >= 4 is 24.0 Å². The zero-order valence-electron chi connectivity index (χ0n) is 13.1. The van der Waals surface area contributed by atoms with E-state index in [4.69, 9.17) is 12.2 Å². The summed E-state index contributed by atoms with van der Waals surface area (Å²) in [6.45, 7) is 6.15. The van der Waals surface area contributed by atoms with E-state index < -0.39 is 0 Å². The molecule has 2 rings (SSSR count). The average molecular weight is 325 g/mol. The molecule has 0 aliphatic carbocycles. The zero-order chi connectivity index (χ0) is 16.1. The first-order chi connectivity index (χ1) is 10.6. The Labute approximate surface area is 135 Å². The number of rotatable bonds is 5. The molecule has 7 nitrogen and oxygen atoms in total. The first-order valence-corrected chi connectivity index (χ1v) is 8.17. The van der Waals surface area contributed by atoms with Gasteiger partial charge in [0.15, 0.2) is 10.6 Å². The Morgan fingerprint density at radius 1 is 1.45 bits per heavy atom. The molecule has 1 aliphatic rings. The molecule has 0 unspecified atom stereocenters. The van der Waals surface area contributed by atoms with Crippen molar-refractivity contribution in [1.29, 1.82) is 0 Å². The third-order valence-electron chi connectivity index (χ3n) is 4.02. The molecular weight excluding hydrogens is 302 g/mol. The molecule has 0 saturated carbocycles. The fraction of sp³-hybridized carbons (Fsp3) is 0.714. The number of aromatic amines is 1. The standard InChI is InChI=1S/C14H23N5O2S/c1-3-12(20)18-7-5-6-10(9-18)13(21)15-8-11-16-17-14(22)19(11)4-2/h10H,3-9H2,1-2H3,(H,15,21)(H,17,22)/t10-/m0/s1. The smallest absolute Gasteiger partial charge is 0.225 e. The molecule has 2 heterocycles. The van der Waals surface area contributed by atoms with Crippen LogP contribution in [0.15, 0.2) is 0 Å². The molecule has 122 valence electrons. The number of hydrogen-bond acceptors (Lipinski definition) is 4. The number of hydrogen-bond donors (Lipinski definition) is 2. The van der Waals surface area contributed by atoms with Crippen LogP contribution in [-0.4, -0.2) is 44.6 Å². The third kappa shape index (κ3) is 3.73. The molecule has 0 aromatic carbocycles. The summed E-state index contributed by atoms with van der Waals surface area (Å²) in [4.78, 5) is 25.9. The number of piperidine rings is 1. The van der Waals surface area contributed by atoms with Crippen LogP contribution in [0, 0.1) is 10.7 Å². The molecular formula is C14H23N5O2S. The molecule has 1 saturated heterocycles. The molecule has 0 spiro atoms. The van der Waals surface area contributed by atoms with E-state index in [0.717, 1.165) is 25.2 Å². The van der Waals surface area contributed by atoms with Gasteiger partial charge in [-0.2, -0.15) is 5.10 Å². The predicted octanol–water partition coefficient (Wildman–Crippen LogP) is 1.23. The number of H-pyrrole nitrogens is 1. The van der Waals surface area contributed by atoms with Gasteiger partial charge in [-0.1, -0.05) is 6.92 Å². The molecule has 22 heavy (non-hydrogen) atoms. The molecule has 1 aliphatic heterocycles. The Kier molecular flexibility index (Phi) is 5.70. The summed E-state index contributed by atoms with van der Waals surface area (Å²) in [7, 11) is 0. The van der Waals surface area contributed by atoms with Crippen molar-refractivity contribution < 1.29 is 9.59 Å². The van der Waals surface area contributed by atoms with Gasteiger partial charge in [0.25, 0.3) is 0 Å². The van der Waals surface area contributed by atoms with Crippen LogP contribution in [0.4, 0.5) is 0 Å². The topological polar surface area (TPSA) is 83.0 Å². The number of nitrogens with one attached hydrogen (secondary N) is 2. The van der Waals surface area contributed by atoms with E-state index in [1.165, 1.54) is 0 Å². The summed E-state index contributed by atoms with van der Waals surface area (Å²) in [5.41, 5.74) is 0. The van der Waals surface area contributed by atoms with Crippen LogP contribution < -0.4 is 5.32 Å². The minimum Gasteiger partial charge on any atom is -0.348 e. The summed E-state index contributed by atoms with van der Waals surface area (Å²) in [5.74, 6) is 0.675. The number of carbonyl (C=O) groups excluding carboxylic acids is 2. The second kappa shape index (κ2) is 7.53. The highest BCUT2D eigenvalue weighted by Crippen LogP contribution is 2.17. The lowest BCUT2D eigenvalue weighted by molar-refractivity contribution is -0.135. The summed E-state index contributed by atoms with van der Waals surface area (Å²) in [6.07, 6.45) is 2.18. The van der Waals surface area contributed by atoms with Crippen molar-refractivity contribution in [3.8, 4) is 0 Å². The molecule has 1 atom stereocenters. The highest BCUT2D eigenvalue weighted by molar-refractivity contribution is 7.71. The zero-order valence-corrected chi connectivity index (χ0v) is 13.9. The van der Waals surface area contributed by atoms with Crippen LogP contribution in [0.1, 0.15) is 38.9 Å². The van der Waals surface area contributed by atoms with Crippen LogP contribution in [0.25, 0.3) is 0 Å². The van der Waals surface area contributed by atoms with Gasteiger partial charge in [0.05, 0.1) is 12.5 Å². The maximum Gasteiger partial charge on any atom is 0.225 e. The minimum atomic E-state index is -0.138. The normalized spacial score (nSPS) is 18.3. The minimum absolute atomic E-state index is 0.0230. The fourth-order valence-corrected chi connectivity index (χ4v) is 3.04. The quantitative estimate of drug-likeness (QED) is 0.798. The van der Waals surface area contributed by atoms with Crippen molar-refractivity contribution in [2.24, 2.45) is 5.92 Å². The Hall–Kier alpha value is -1.70. The largest absolute Gasteiger partial charge is 0.348 e. The van der Waals surface area contributed by atoms with Crippen molar-refractivity contribution in [3.05, 3.63) is 10.6 Å². The highest BCUT2D eigenvalue weighted by Gasteiger charge is 2.27. The summed E-state index contributed by atoms with van der Waals surface area (Å²) in [5, 5.41) is 9.77. The van der Waals surface area contributed by atoms with Gasteiger partial charge >= 0.3 is 0 Å². The van der Waals surface area contributed by atoms with Crippen molar-refractivity contribution in [3.63, 3.8) is 0 Å². The first-order valence-electron chi connectivity index (χ1n) is 7.76. The third-order valence-corrected chi connectivity index (χ3v) is 4.33. The number of aromatic nitrogens is 3. The van der Waals surface area contributed by atoms with Gasteiger partial charge in [0.2, 0.25) is 11.8 Å². The highest BCUT2D eigenvalue weighted by atomic mass is 32.1. The SMILES string of the molecule is CCC(=O)N1CCC[C@H](C(=O)NCc2n[nH]c(=S)n2CC)C1. The maximum absolute atomic E-state index is 12.3. The molecule has 1 fully saturated rings. The fourth-order valence-electron chi connectivity index (χ4n) is 2.76. The van der Waals surface area contributed by atoms with E-state index in [1.807, 2.05) is 18.4 Å². The van der Waals surface area contributed by atoms with Crippen molar-refractivity contribution in [2.75, 3.05) is 13.1 Å². The Bertz CT molecular complexity index is 594. The van der Waals surface area contributed by atoms with E-state index in [-0.39, 0.29) is 17.7 Å². The van der Waals surface area contributed by atoms with Crippen LogP contribution in [0.5, 0.6) is 0 Å². The van der Waals surface area contributed by atoms with Crippen molar-refractivity contribution in [1.82, 2.24) is 25.0 Å². The Balaban J connectivity index is 1.91. The molecule has 0 bridgehead atoms. The Morgan fingerprint density at radius 3 is 2.91 bits per heavy atom. The van der Waals surface area contributed by atoms with Gasteiger partial charge < -0.3 is 14.8 Å². The number of amides is 2. The molecule has 8 heteroatoms. The predicted molar refractivity (Wildman–Crippen MR) is 84.5 cm³/mol. The average Bonchev–Trinajstić information content (AvgIpc) is 2.91. The van der Waals surface area contributed by atoms with E-state index in [2.05, 4.69) is 15.5 Å². The first kappa shape index (κ1) is 16.7. The summed E-state index contributed by atoms with van der Waals surface area (Å²) in [6, 6.07) is 0. The molecule has 1 aromatic rings. The second-order valence-electron chi connectivity index (χ2n) is 5.44. The second-order valence-corrected chi connectivity index (χ2v) is 5.83. The van der Waals surface area contributed by atoms with E-state index in [1.54, 1.807) is 4.90 Å². The number of carbonyl (C=O) groups is 2. The van der Waals surface area contributed by atoms with E-state index in [0.29, 0.717) is 30.8 Å². The summed E-state index contributed by atoms with van der Waals surface area (Å²) >= 11 is 5.12. The van der Waals surface area contributed by atoms with Gasteiger partial charge in [0, 0.05) is 26.1 Å². The monoisotopic (exact) mass is 325 g/mol. The molecule has 0 radical (unpaired) electrons. The van der Waals surface area contributed by atoms with Crippen LogP contribution in [0.2, 0.25) is 0 Å².